The van der Waals surface area contributed by atoms with Crippen molar-refractivity contribution in [2.75, 3.05) is 13.1 Å². The zero-order chi connectivity index (χ0) is 15.1. The summed E-state index contributed by atoms with van der Waals surface area (Å²) in [6.45, 7) is 4.85. The van der Waals surface area contributed by atoms with Gasteiger partial charge in [-0.2, -0.15) is 0 Å². The highest BCUT2D eigenvalue weighted by Gasteiger charge is 2.55. The maximum atomic E-state index is 12.7. The van der Waals surface area contributed by atoms with Crippen LogP contribution in [0.15, 0.2) is 6.33 Å². The minimum Gasteiger partial charge on any atom is -0.342 e. The molecule has 0 radical (unpaired) electrons. The average Bonchev–Trinajstić information content (AvgIpc) is 3.10. The van der Waals surface area contributed by atoms with Crippen molar-refractivity contribution in [1.29, 1.82) is 0 Å². The van der Waals surface area contributed by atoms with Crippen LogP contribution in [0.4, 0.5) is 0 Å². The van der Waals surface area contributed by atoms with Gasteiger partial charge in [0.15, 0.2) is 0 Å². The molecule has 1 aromatic heterocycles. The van der Waals surface area contributed by atoms with E-state index in [4.69, 9.17) is 0 Å². The van der Waals surface area contributed by atoms with Crippen LogP contribution in [0, 0.1) is 17.8 Å². The summed E-state index contributed by atoms with van der Waals surface area (Å²) in [4.78, 5) is 14.9. The van der Waals surface area contributed by atoms with Crippen LogP contribution in [-0.2, 0) is 11.3 Å². The quantitative estimate of drug-likeness (QED) is 0.861. The number of hydrogen-bond donors (Lipinski definition) is 0. The molecule has 0 aromatic carbocycles. The first-order valence-electron chi connectivity index (χ1n) is 8.96. The molecule has 5 heteroatoms. The van der Waals surface area contributed by atoms with Crippen LogP contribution < -0.4 is 0 Å². The van der Waals surface area contributed by atoms with Crippen LogP contribution in [-0.4, -0.2) is 38.7 Å². The molecule has 5 nitrogen and oxygen atoms in total. The molecule has 0 bridgehead atoms. The summed E-state index contributed by atoms with van der Waals surface area (Å²) in [6.07, 6.45) is 9.13. The van der Waals surface area contributed by atoms with Gasteiger partial charge >= 0.3 is 0 Å². The molecule has 3 fully saturated rings. The van der Waals surface area contributed by atoms with Crippen molar-refractivity contribution in [2.24, 2.45) is 17.8 Å². The molecule has 2 aliphatic carbocycles. The van der Waals surface area contributed by atoms with E-state index in [-0.39, 0.29) is 0 Å². The van der Waals surface area contributed by atoms with E-state index < -0.39 is 0 Å². The number of hydrogen-bond acceptors (Lipinski definition) is 3. The summed E-state index contributed by atoms with van der Waals surface area (Å²) in [5.74, 6) is 3.85. The summed E-state index contributed by atoms with van der Waals surface area (Å²) in [5, 5.41) is 8.34. The van der Waals surface area contributed by atoms with Crippen molar-refractivity contribution < 1.29 is 4.79 Å². The Morgan fingerprint density at radius 2 is 1.86 bits per heavy atom. The molecule has 0 N–H and O–H groups in total. The van der Waals surface area contributed by atoms with Crippen LogP contribution in [0.1, 0.15) is 57.2 Å². The number of nitrogens with zero attached hydrogens (tertiary/aromatic N) is 4. The van der Waals surface area contributed by atoms with Crippen molar-refractivity contribution >= 4 is 5.91 Å². The Bertz CT molecular complexity index is 535. The molecular weight excluding hydrogens is 276 g/mol. The van der Waals surface area contributed by atoms with E-state index >= 15 is 0 Å². The molecule has 1 amide bonds. The molecule has 3 aliphatic rings. The number of carbonyl (C=O) groups is 1. The van der Waals surface area contributed by atoms with Crippen LogP contribution in [0.25, 0.3) is 0 Å². The first kappa shape index (κ1) is 14.2. The Morgan fingerprint density at radius 1 is 1.18 bits per heavy atom. The van der Waals surface area contributed by atoms with Crippen molar-refractivity contribution in [1.82, 2.24) is 19.7 Å². The molecule has 1 saturated heterocycles. The molecule has 1 unspecified atom stereocenters. The summed E-state index contributed by atoms with van der Waals surface area (Å²) < 4.78 is 2.14. The molecular formula is C17H26N4O. The lowest BCUT2D eigenvalue weighted by atomic mass is 9.95. The second-order valence-electron chi connectivity index (χ2n) is 7.21. The summed E-state index contributed by atoms with van der Waals surface area (Å²) in [7, 11) is 0. The molecule has 2 saturated carbocycles. The predicted molar refractivity (Wildman–Crippen MR) is 83.2 cm³/mol. The van der Waals surface area contributed by atoms with Gasteiger partial charge in [0, 0.05) is 31.5 Å². The van der Waals surface area contributed by atoms with Crippen LogP contribution >= 0.6 is 0 Å². The highest BCUT2D eigenvalue weighted by atomic mass is 16.2. The normalized spacial score (nSPS) is 31.9. The van der Waals surface area contributed by atoms with Crippen LogP contribution in [0.2, 0.25) is 0 Å². The monoisotopic (exact) mass is 302 g/mol. The maximum Gasteiger partial charge on any atom is 0.226 e. The standard InChI is InChI=1S/C17H26N4O/c1-2-20-11-18-19-16(20)12-7-9-21(10-8-12)17(22)15-13-5-3-4-6-14(13)15/h11-15H,2-10H2,1H3/t13-,14+,15?. The lowest BCUT2D eigenvalue weighted by molar-refractivity contribution is -0.134. The summed E-state index contributed by atoms with van der Waals surface area (Å²) in [5.41, 5.74) is 0. The zero-order valence-corrected chi connectivity index (χ0v) is 13.4. The highest BCUT2D eigenvalue weighted by Crippen LogP contribution is 2.56. The van der Waals surface area contributed by atoms with Gasteiger partial charge < -0.3 is 9.47 Å². The largest absolute Gasteiger partial charge is 0.342 e. The fourth-order valence-corrected chi connectivity index (χ4v) is 4.75. The van der Waals surface area contributed by atoms with E-state index in [1.165, 1.54) is 25.7 Å². The first-order valence-corrected chi connectivity index (χ1v) is 8.96. The van der Waals surface area contributed by atoms with Crippen molar-refractivity contribution in [2.45, 2.75) is 57.9 Å². The lowest BCUT2D eigenvalue weighted by Crippen LogP contribution is -2.39. The third-order valence-electron chi connectivity index (χ3n) is 6.10. The number of fused-ring (bicyclic) bond motifs is 1. The smallest absolute Gasteiger partial charge is 0.226 e. The molecule has 4 rings (SSSR count). The topological polar surface area (TPSA) is 51.0 Å². The van der Waals surface area contributed by atoms with Gasteiger partial charge in [0.2, 0.25) is 5.91 Å². The summed E-state index contributed by atoms with van der Waals surface area (Å²) >= 11 is 0. The fourth-order valence-electron chi connectivity index (χ4n) is 4.75. The van der Waals surface area contributed by atoms with Gasteiger partial charge in [-0.1, -0.05) is 12.8 Å². The highest BCUT2D eigenvalue weighted by molar-refractivity contribution is 5.82. The minimum absolute atomic E-state index is 0.373. The van der Waals surface area contributed by atoms with Gasteiger partial charge in [0.1, 0.15) is 12.2 Å². The average molecular weight is 302 g/mol. The molecule has 0 spiro atoms. The summed E-state index contributed by atoms with van der Waals surface area (Å²) in [6, 6.07) is 0. The van der Waals surface area contributed by atoms with Gasteiger partial charge in [-0.25, -0.2) is 0 Å². The number of rotatable bonds is 3. The third kappa shape index (κ3) is 2.34. The second kappa shape index (κ2) is 5.67. The number of amides is 1. The van der Waals surface area contributed by atoms with Crippen molar-refractivity contribution in [3.8, 4) is 0 Å². The van der Waals surface area contributed by atoms with Gasteiger partial charge in [-0.15, -0.1) is 10.2 Å². The molecule has 3 atom stereocenters. The van der Waals surface area contributed by atoms with E-state index in [1.54, 1.807) is 0 Å². The number of likely N-dealkylation sites (tertiary alicyclic amines) is 1. The van der Waals surface area contributed by atoms with Crippen LogP contribution in [0.3, 0.4) is 0 Å². The molecule has 120 valence electrons. The van der Waals surface area contributed by atoms with Crippen molar-refractivity contribution in [3.05, 3.63) is 12.2 Å². The Hall–Kier alpha value is -1.39. The molecule has 1 aliphatic heterocycles. The van der Waals surface area contributed by atoms with E-state index in [0.29, 0.717) is 17.7 Å². The third-order valence-corrected chi connectivity index (χ3v) is 6.10. The van der Waals surface area contributed by atoms with Crippen LogP contribution in [0.5, 0.6) is 0 Å². The first-order chi connectivity index (χ1) is 10.8. The number of aromatic nitrogens is 3. The van der Waals surface area contributed by atoms with E-state index in [1.807, 2.05) is 6.33 Å². The number of carbonyl (C=O) groups excluding carboxylic acids is 1. The molecule has 2 heterocycles. The van der Waals surface area contributed by atoms with Gasteiger partial charge in [0.25, 0.3) is 0 Å². The number of piperidine rings is 1. The number of aryl methyl sites for hydroxylation is 1. The van der Waals surface area contributed by atoms with Gasteiger partial charge in [-0.3, -0.25) is 4.79 Å². The lowest BCUT2D eigenvalue weighted by Gasteiger charge is -2.32. The van der Waals surface area contributed by atoms with Gasteiger partial charge in [0.05, 0.1) is 0 Å². The predicted octanol–water partition coefficient (Wildman–Crippen LogP) is 2.44. The Balaban J connectivity index is 1.35. The molecule has 1 aromatic rings. The Labute approximate surface area is 132 Å². The van der Waals surface area contributed by atoms with Crippen molar-refractivity contribution in [3.63, 3.8) is 0 Å². The SMILES string of the molecule is CCn1cnnc1C1CCN(C(=O)C2[C@H]3CCCC[C@@H]23)CC1. The zero-order valence-electron chi connectivity index (χ0n) is 13.4. The minimum atomic E-state index is 0.373. The second-order valence-corrected chi connectivity index (χ2v) is 7.21. The Kier molecular flexibility index (Phi) is 3.66. The van der Waals surface area contributed by atoms with E-state index in [0.717, 1.165) is 50.1 Å². The Morgan fingerprint density at radius 3 is 2.50 bits per heavy atom. The fraction of sp³-hybridized carbons (Fsp3) is 0.824. The van der Waals surface area contributed by atoms with E-state index in [2.05, 4.69) is 26.6 Å². The van der Waals surface area contributed by atoms with E-state index in [9.17, 15) is 4.79 Å². The maximum absolute atomic E-state index is 12.7. The molecule has 22 heavy (non-hydrogen) atoms. The van der Waals surface area contributed by atoms with Gasteiger partial charge in [-0.05, 0) is 44.4 Å².